The second-order valence-electron chi connectivity index (χ2n) is 6.52. The molecule has 0 radical (unpaired) electrons. The lowest BCUT2D eigenvalue weighted by Crippen LogP contribution is -2.71. The minimum absolute atomic E-state index is 0.0553. The van der Waals surface area contributed by atoms with E-state index < -0.39 is 35.2 Å². The van der Waals surface area contributed by atoms with Gasteiger partial charge in [-0.15, -0.1) is 33.3 Å². The SMILES string of the molecule is CC(Sc1nn[nH]n1)C1=C(C(=O)O)N2C(=O)C(NC(=O)C(N)c3cccs3)[C@@H]2SC1. The van der Waals surface area contributed by atoms with Crippen molar-refractivity contribution in [2.24, 2.45) is 5.73 Å². The zero-order chi connectivity index (χ0) is 21.4. The molecule has 0 bridgehead atoms. The van der Waals surface area contributed by atoms with Crippen LogP contribution in [0.2, 0.25) is 0 Å². The van der Waals surface area contributed by atoms with Crippen molar-refractivity contribution in [1.82, 2.24) is 30.8 Å². The molecule has 2 aliphatic rings. The van der Waals surface area contributed by atoms with Gasteiger partial charge in [0, 0.05) is 15.9 Å². The van der Waals surface area contributed by atoms with Crippen LogP contribution in [0.15, 0.2) is 33.9 Å². The Morgan fingerprint density at radius 2 is 2.30 bits per heavy atom. The summed E-state index contributed by atoms with van der Waals surface area (Å²) < 4.78 is 0. The Morgan fingerprint density at radius 3 is 2.93 bits per heavy atom. The van der Waals surface area contributed by atoms with Gasteiger partial charge in [-0.1, -0.05) is 17.8 Å². The maximum Gasteiger partial charge on any atom is 0.352 e. The molecule has 4 atom stereocenters. The van der Waals surface area contributed by atoms with E-state index >= 15 is 0 Å². The number of aliphatic carboxylic acids is 1. The van der Waals surface area contributed by atoms with Crippen molar-refractivity contribution in [3.05, 3.63) is 33.7 Å². The maximum absolute atomic E-state index is 12.8. The van der Waals surface area contributed by atoms with Crippen molar-refractivity contribution in [2.75, 3.05) is 5.75 Å². The van der Waals surface area contributed by atoms with E-state index in [9.17, 15) is 19.5 Å². The van der Waals surface area contributed by atoms with Crippen LogP contribution in [0, 0.1) is 0 Å². The highest BCUT2D eigenvalue weighted by Crippen LogP contribution is 2.43. The summed E-state index contributed by atoms with van der Waals surface area (Å²) in [6.07, 6.45) is 0. The first-order chi connectivity index (χ1) is 14.4. The van der Waals surface area contributed by atoms with E-state index in [-0.39, 0.29) is 10.9 Å². The van der Waals surface area contributed by atoms with E-state index in [0.717, 1.165) is 0 Å². The van der Waals surface area contributed by atoms with Gasteiger partial charge < -0.3 is 16.2 Å². The van der Waals surface area contributed by atoms with E-state index in [0.29, 0.717) is 21.4 Å². The van der Waals surface area contributed by atoms with Crippen LogP contribution in [0.25, 0.3) is 0 Å². The molecule has 0 saturated carbocycles. The van der Waals surface area contributed by atoms with E-state index in [2.05, 4.69) is 25.9 Å². The summed E-state index contributed by atoms with van der Waals surface area (Å²) >= 11 is 4.00. The van der Waals surface area contributed by atoms with Crippen LogP contribution in [0.3, 0.4) is 0 Å². The van der Waals surface area contributed by atoms with Gasteiger partial charge >= 0.3 is 5.97 Å². The van der Waals surface area contributed by atoms with Crippen LogP contribution in [0.1, 0.15) is 17.8 Å². The Bertz CT molecular complexity index is 995. The van der Waals surface area contributed by atoms with Gasteiger partial charge in [-0.2, -0.15) is 5.21 Å². The number of thioether (sulfide) groups is 2. The highest BCUT2D eigenvalue weighted by Gasteiger charge is 2.54. The van der Waals surface area contributed by atoms with Crippen molar-refractivity contribution in [3.63, 3.8) is 0 Å². The van der Waals surface area contributed by atoms with Crippen molar-refractivity contribution in [1.29, 1.82) is 0 Å². The number of nitrogens with zero attached hydrogens (tertiary/aromatic N) is 4. The average molecular weight is 468 g/mol. The fourth-order valence-corrected chi connectivity index (χ4v) is 6.36. The van der Waals surface area contributed by atoms with Gasteiger partial charge in [-0.05, 0) is 29.2 Å². The van der Waals surface area contributed by atoms with Crippen molar-refractivity contribution in [2.45, 2.75) is 34.8 Å². The van der Waals surface area contributed by atoms with Crippen LogP contribution < -0.4 is 11.1 Å². The van der Waals surface area contributed by atoms with Crippen molar-refractivity contribution in [3.8, 4) is 0 Å². The lowest BCUT2D eigenvalue weighted by atomic mass is 10.0. The molecule has 2 aromatic heterocycles. The number of tetrazole rings is 1. The second-order valence-corrected chi connectivity index (χ2v) is 9.91. The third kappa shape index (κ3) is 3.71. The number of carbonyl (C=O) groups is 3. The Hall–Kier alpha value is -2.42. The van der Waals surface area contributed by atoms with E-state index in [1.54, 1.807) is 12.1 Å². The number of H-pyrrole nitrogens is 1. The summed E-state index contributed by atoms with van der Waals surface area (Å²) in [6, 6.07) is 1.85. The molecule has 0 spiro atoms. The fourth-order valence-electron chi connectivity index (χ4n) is 3.23. The molecule has 4 heterocycles. The van der Waals surface area contributed by atoms with Crippen LogP contribution in [-0.2, 0) is 14.4 Å². The summed E-state index contributed by atoms with van der Waals surface area (Å²) in [5.41, 5.74) is 6.50. The molecule has 3 unspecified atom stereocenters. The second kappa shape index (κ2) is 8.37. The quantitative estimate of drug-likeness (QED) is 0.326. The Labute approximate surface area is 182 Å². The molecule has 2 amide bonds. The van der Waals surface area contributed by atoms with Gasteiger partial charge in [0.15, 0.2) is 0 Å². The standard InChI is InChI=1S/C16H17N7O4S3/c1-6(30-16-19-21-22-20-16)7-5-29-14-10(13(25)23(14)11(7)15(26)27)18-12(24)9(17)8-3-2-4-28-8/h2-4,6,9-10,14H,5,17H2,1H3,(H,18,24)(H,26,27)(H,19,20,21,22)/t6?,9?,10?,14-/m0/s1. The highest BCUT2D eigenvalue weighted by molar-refractivity contribution is 8.01. The predicted octanol–water partition coefficient (Wildman–Crippen LogP) is 0.180. The molecular weight excluding hydrogens is 450 g/mol. The lowest BCUT2D eigenvalue weighted by molar-refractivity contribution is -0.150. The molecule has 2 aromatic rings. The van der Waals surface area contributed by atoms with E-state index in [4.69, 9.17) is 5.73 Å². The molecule has 5 N–H and O–H groups in total. The Balaban J connectivity index is 1.50. The molecule has 0 aromatic carbocycles. The molecule has 1 fully saturated rings. The molecule has 30 heavy (non-hydrogen) atoms. The number of amides is 2. The number of thiophene rings is 1. The van der Waals surface area contributed by atoms with Crippen LogP contribution >= 0.6 is 34.9 Å². The Morgan fingerprint density at radius 1 is 1.50 bits per heavy atom. The number of fused-ring (bicyclic) bond motifs is 1. The molecule has 1 saturated heterocycles. The number of aromatic amines is 1. The van der Waals surface area contributed by atoms with Gasteiger partial charge in [0.25, 0.3) is 5.91 Å². The summed E-state index contributed by atoms with van der Waals surface area (Å²) in [6.45, 7) is 1.82. The average Bonchev–Trinajstić information content (AvgIpc) is 3.44. The molecular formula is C16H17N7O4S3. The van der Waals surface area contributed by atoms with Crippen molar-refractivity contribution >= 4 is 52.6 Å². The third-order valence-corrected chi connectivity index (χ3v) is 8.01. The van der Waals surface area contributed by atoms with Crippen LogP contribution in [-0.4, -0.2) is 70.8 Å². The number of carboxylic acids is 1. The molecule has 2 aliphatic heterocycles. The fraction of sp³-hybridized carbons (Fsp3) is 0.375. The number of aromatic nitrogens is 4. The predicted molar refractivity (Wildman–Crippen MR) is 110 cm³/mol. The lowest BCUT2D eigenvalue weighted by Gasteiger charge is -2.50. The number of carboxylic acid groups (broad SMARTS) is 1. The number of β-lactam (4-membered cyclic amide) rings is 1. The van der Waals surface area contributed by atoms with Crippen LogP contribution in [0.4, 0.5) is 0 Å². The first-order valence-electron chi connectivity index (χ1n) is 8.79. The zero-order valence-corrected chi connectivity index (χ0v) is 18.0. The van der Waals surface area contributed by atoms with Gasteiger partial charge in [-0.25, -0.2) is 4.79 Å². The number of nitrogens with two attached hydrogens (primary N) is 1. The maximum atomic E-state index is 12.8. The third-order valence-electron chi connectivity index (χ3n) is 4.73. The first-order valence-corrected chi connectivity index (χ1v) is 11.6. The summed E-state index contributed by atoms with van der Waals surface area (Å²) in [4.78, 5) is 39.1. The summed E-state index contributed by atoms with van der Waals surface area (Å²) in [5.74, 6) is -1.73. The number of carbonyl (C=O) groups excluding carboxylic acids is 2. The molecule has 11 nitrogen and oxygen atoms in total. The molecule has 158 valence electrons. The molecule has 0 aliphatic carbocycles. The number of hydrogen-bond acceptors (Lipinski definition) is 10. The minimum atomic E-state index is -1.19. The zero-order valence-electron chi connectivity index (χ0n) is 15.5. The molecule has 14 heteroatoms. The number of nitrogens with one attached hydrogen (secondary N) is 2. The van der Waals surface area contributed by atoms with Gasteiger partial charge in [-0.3, -0.25) is 14.5 Å². The smallest absolute Gasteiger partial charge is 0.352 e. The number of rotatable bonds is 7. The Kier molecular flexibility index (Phi) is 5.81. The van der Waals surface area contributed by atoms with Gasteiger partial charge in [0.1, 0.15) is 23.2 Å². The van der Waals surface area contributed by atoms with Gasteiger partial charge in [0.2, 0.25) is 11.1 Å². The molecule has 4 rings (SSSR count). The topological polar surface area (TPSA) is 167 Å². The largest absolute Gasteiger partial charge is 0.477 e. The monoisotopic (exact) mass is 467 g/mol. The van der Waals surface area contributed by atoms with E-state index in [1.807, 2.05) is 12.3 Å². The summed E-state index contributed by atoms with van der Waals surface area (Å²) in [7, 11) is 0. The van der Waals surface area contributed by atoms with Crippen LogP contribution in [0.5, 0.6) is 0 Å². The minimum Gasteiger partial charge on any atom is -0.477 e. The van der Waals surface area contributed by atoms with Crippen molar-refractivity contribution < 1.29 is 19.5 Å². The normalized spacial score (nSPS) is 22.9. The van der Waals surface area contributed by atoms with Gasteiger partial charge in [0.05, 0.1) is 0 Å². The first kappa shape index (κ1) is 20.8. The van der Waals surface area contributed by atoms with E-state index in [1.165, 1.54) is 39.8 Å². The number of hydrogen-bond donors (Lipinski definition) is 4. The highest BCUT2D eigenvalue weighted by atomic mass is 32.2. The summed E-state index contributed by atoms with van der Waals surface area (Å²) in [5, 5.41) is 27.4.